The number of hydrogen-bond acceptors (Lipinski definition) is 2. The molecule has 2 rings (SSSR count). The maximum atomic E-state index is 10.7. The van der Waals surface area contributed by atoms with Crippen molar-refractivity contribution in [1.82, 2.24) is 0 Å². The Hall–Kier alpha value is -0.960. The van der Waals surface area contributed by atoms with E-state index in [9.17, 15) is 4.79 Å². The van der Waals surface area contributed by atoms with Gasteiger partial charge in [0.1, 0.15) is 0 Å². The van der Waals surface area contributed by atoms with Gasteiger partial charge in [0.05, 0.1) is 5.56 Å². The van der Waals surface area contributed by atoms with E-state index in [1.807, 2.05) is 12.1 Å². The fraction of sp³-hybridized carbons (Fsp3) is 0.417. The zero-order chi connectivity index (χ0) is 10.7. The topological polar surface area (TPSA) is 37.3 Å². The molecule has 1 aliphatic rings. The van der Waals surface area contributed by atoms with E-state index >= 15 is 0 Å². The molecular weight excluding hydrogens is 208 g/mol. The Bertz CT molecular complexity index is 358. The molecule has 0 heterocycles. The van der Waals surface area contributed by atoms with Crippen molar-refractivity contribution in [2.45, 2.75) is 24.2 Å². The molecule has 80 valence electrons. The summed E-state index contributed by atoms with van der Waals surface area (Å²) >= 11 is 1.76. The van der Waals surface area contributed by atoms with Gasteiger partial charge < -0.3 is 5.11 Å². The number of hydrogen-bond donors (Lipinski definition) is 1. The van der Waals surface area contributed by atoms with Crippen LogP contribution in [-0.4, -0.2) is 16.8 Å². The first kappa shape index (κ1) is 10.6. The highest BCUT2D eigenvalue weighted by atomic mass is 32.2. The Morgan fingerprint density at radius 2 is 2.27 bits per heavy atom. The van der Waals surface area contributed by atoms with Gasteiger partial charge in [-0.2, -0.15) is 0 Å². The lowest BCUT2D eigenvalue weighted by molar-refractivity contribution is 0.0696. The van der Waals surface area contributed by atoms with Crippen molar-refractivity contribution in [1.29, 1.82) is 0 Å². The standard InChI is InChI=1S/C12H14O2S/c13-12(14)10-2-1-3-11(8-10)15-7-6-9-4-5-9/h1-3,8-9H,4-7H2,(H,13,14). The number of aromatic carboxylic acids is 1. The molecule has 0 aromatic heterocycles. The molecular formula is C12H14O2S. The Labute approximate surface area is 93.7 Å². The van der Waals surface area contributed by atoms with Crippen molar-refractivity contribution < 1.29 is 9.90 Å². The number of carbonyl (C=O) groups is 1. The number of thioether (sulfide) groups is 1. The summed E-state index contributed by atoms with van der Waals surface area (Å²) in [7, 11) is 0. The van der Waals surface area contributed by atoms with Gasteiger partial charge in [0.2, 0.25) is 0 Å². The summed E-state index contributed by atoms with van der Waals surface area (Å²) in [4.78, 5) is 11.8. The average molecular weight is 222 g/mol. The predicted molar refractivity (Wildman–Crippen MR) is 61.5 cm³/mol. The van der Waals surface area contributed by atoms with Crippen molar-refractivity contribution in [3.8, 4) is 0 Å². The van der Waals surface area contributed by atoms with Gasteiger partial charge in [-0.05, 0) is 36.3 Å². The smallest absolute Gasteiger partial charge is 0.335 e. The normalized spacial score (nSPS) is 15.2. The second-order valence-corrected chi connectivity index (χ2v) is 5.08. The molecule has 0 atom stereocenters. The van der Waals surface area contributed by atoms with Crippen LogP contribution in [0.4, 0.5) is 0 Å². The zero-order valence-corrected chi connectivity index (χ0v) is 9.30. The molecule has 0 spiro atoms. The van der Waals surface area contributed by atoms with Crippen molar-refractivity contribution in [3.05, 3.63) is 29.8 Å². The van der Waals surface area contributed by atoms with Crippen LogP contribution in [0.25, 0.3) is 0 Å². The molecule has 0 unspecified atom stereocenters. The van der Waals surface area contributed by atoms with E-state index in [0.717, 1.165) is 16.6 Å². The van der Waals surface area contributed by atoms with E-state index in [-0.39, 0.29) is 0 Å². The molecule has 1 aromatic carbocycles. The molecule has 0 saturated heterocycles. The van der Waals surface area contributed by atoms with E-state index in [2.05, 4.69) is 0 Å². The molecule has 3 heteroatoms. The Kier molecular flexibility index (Phi) is 3.31. The summed E-state index contributed by atoms with van der Waals surface area (Å²) in [6.45, 7) is 0. The molecule has 1 fully saturated rings. The maximum Gasteiger partial charge on any atom is 0.335 e. The van der Waals surface area contributed by atoms with E-state index in [0.29, 0.717) is 5.56 Å². The minimum atomic E-state index is -0.848. The van der Waals surface area contributed by atoms with Gasteiger partial charge in [-0.15, -0.1) is 11.8 Å². The first-order chi connectivity index (χ1) is 7.25. The summed E-state index contributed by atoms with van der Waals surface area (Å²) in [5, 5.41) is 8.82. The molecule has 1 N–H and O–H groups in total. The van der Waals surface area contributed by atoms with Gasteiger partial charge in [-0.3, -0.25) is 0 Å². The highest BCUT2D eigenvalue weighted by molar-refractivity contribution is 7.99. The van der Waals surface area contributed by atoms with Gasteiger partial charge in [0, 0.05) is 4.90 Å². The number of benzene rings is 1. The fourth-order valence-electron chi connectivity index (χ4n) is 1.47. The predicted octanol–water partition coefficient (Wildman–Crippen LogP) is 3.28. The lowest BCUT2D eigenvalue weighted by Gasteiger charge is -2.01. The van der Waals surface area contributed by atoms with E-state index in [1.54, 1.807) is 23.9 Å². The lowest BCUT2D eigenvalue weighted by atomic mass is 10.2. The third kappa shape index (κ3) is 3.27. The monoisotopic (exact) mass is 222 g/mol. The van der Waals surface area contributed by atoms with Gasteiger partial charge in [-0.1, -0.05) is 18.9 Å². The highest BCUT2D eigenvalue weighted by Crippen LogP contribution is 2.34. The first-order valence-corrected chi connectivity index (χ1v) is 6.20. The first-order valence-electron chi connectivity index (χ1n) is 5.22. The largest absolute Gasteiger partial charge is 0.478 e. The van der Waals surface area contributed by atoms with Crippen LogP contribution < -0.4 is 0 Å². The summed E-state index contributed by atoms with van der Waals surface area (Å²) in [6.07, 6.45) is 4.04. The van der Waals surface area contributed by atoms with E-state index < -0.39 is 5.97 Å². The Balaban J connectivity index is 1.88. The van der Waals surface area contributed by atoms with Gasteiger partial charge in [-0.25, -0.2) is 4.79 Å². The van der Waals surface area contributed by atoms with Gasteiger partial charge >= 0.3 is 5.97 Å². The summed E-state index contributed by atoms with van der Waals surface area (Å²) < 4.78 is 0. The summed E-state index contributed by atoms with van der Waals surface area (Å²) in [6, 6.07) is 7.17. The number of rotatable bonds is 5. The van der Waals surface area contributed by atoms with E-state index in [4.69, 9.17) is 5.11 Å². The molecule has 0 aliphatic heterocycles. The van der Waals surface area contributed by atoms with Crippen LogP contribution in [0.3, 0.4) is 0 Å². The number of carboxylic acids is 1. The molecule has 1 saturated carbocycles. The molecule has 0 bridgehead atoms. The van der Waals surface area contributed by atoms with Gasteiger partial charge in [0.15, 0.2) is 0 Å². The van der Waals surface area contributed by atoms with Crippen LogP contribution in [0, 0.1) is 5.92 Å². The van der Waals surface area contributed by atoms with E-state index in [1.165, 1.54) is 19.3 Å². The summed E-state index contributed by atoms with van der Waals surface area (Å²) in [5.41, 5.74) is 0.381. The van der Waals surface area contributed by atoms with Crippen LogP contribution >= 0.6 is 11.8 Å². The zero-order valence-electron chi connectivity index (χ0n) is 8.48. The fourth-order valence-corrected chi connectivity index (χ4v) is 2.54. The third-order valence-electron chi connectivity index (χ3n) is 2.57. The van der Waals surface area contributed by atoms with Crippen molar-refractivity contribution in [2.75, 3.05) is 5.75 Å². The van der Waals surface area contributed by atoms with Crippen molar-refractivity contribution in [3.63, 3.8) is 0 Å². The highest BCUT2D eigenvalue weighted by Gasteiger charge is 2.20. The van der Waals surface area contributed by atoms with Crippen molar-refractivity contribution in [2.24, 2.45) is 5.92 Å². The molecule has 2 nitrogen and oxygen atoms in total. The molecule has 0 radical (unpaired) electrons. The van der Waals surface area contributed by atoms with Crippen LogP contribution in [-0.2, 0) is 0 Å². The molecule has 1 aromatic rings. The Morgan fingerprint density at radius 3 is 2.93 bits per heavy atom. The minimum Gasteiger partial charge on any atom is -0.478 e. The third-order valence-corrected chi connectivity index (χ3v) is 3.60. The van der Waals surface area contributed by atoms with Crippen molar-refractivity contribution >= 4 is 17.7 Å². The van der Waals surface area contributed by atoms with Gasteiger partial charge in [0.25, 0.3) is 0 Å². The minimum absolute atomic E-state index is 0.381. The lowest BCUT2D eigenvalue weighted by Crippen LogP contribution is -1.95. The summed E-state index contributed by atoms with van der Waals surface area (Å²) in [5.74, 6) is 1.20. The van der Waals surface area contributed by atoms with Crippen LogP contribution in [0.15, 0.2) is 29.2 Å². The van der Waals surface area contributed by atoms with Crippen LogP contribution in [0.1, 0.15) is 29.6 Å². The van der Waals surface area contributed by atoms with Crippen LogP contribution in [0.5, 0.6) is 0 Å². The second kappa shape index (κ2) is 4.71. The SMILES string of the molecule is O=C(O)c1cccc(SCCC2CC2)c1. The second-order valence-electron chi connectivity index (χ2n) is 3.91. The molecule has 0 amide bonds. The molecule has 1 aliphatic carbocycles. The maximum absolute atomic E-state index is 10.7. The average Bonchev–Trinajstić information content (AvgIpc) is 3.02. The number of carboxylic acid groups (broad SMARTS) is 1. The van der Waals surface area contributed by atoms with Crippen LogP contribution in [0.2, 0.25) is 0 Å². The molecule has 15 heavy (non-hydrogen) atoms. The quantitative estimate of drug-likeness (QED) is 0.777. The Morgan fingerprint density at radius 1 is 1.47 bits per heavy atom.